The molecule has 0 radical (unpaired) electrons. The summed E-state index contributed by atoms with van der Waals surface area (Å²) in [7, 11) is 0. The van der Waals surface area contributed by atoms with Crippen LogP contribution in [0.2, 0.25) is 0 Å². The van der Waals surface area contributed by atoms with Crippen LogP contribution >= 0.6 is 11.5 Å². The van der Waals surface area contributed by atoms with Gasteiger partial charge in [0.25, 0.3) is 11.8 Å². The SMILES string of the molecule is Cc1cnsc1C1(CNC(=O)c2ccccc2-c2ccc(C(F)(F)F)cc2)NC(=O)NC1=O. The molecule has 11 heteroatoms. The molecule has 0 bridgehead atoms. The van der Waals surface area contributed by atoms with Crippen molar-refractivity contribution in [2.75, 3.05) is 6.54 Å². The second-order valence-corrected chi connectivity index (χ2v) is 8.26. The topological polar surface area (TPSA) is 100 Å². The third kappa shape index (κ3) is 4.19. The van der Waals surface area contributed by atoms with E-state index in [4.69, 9.17) is 0 Å². The maximum absolute atomic E-state index is 13.1. The quantitative estimate of drug-likeness (QED) is 0.492. The van der Waals surface area contributed by atoms with E-state index in [0.717, 1.165) is 23.7 Å². The second kappa shape index (κ2) is 8.32. The minimum atomic E-state index is -4.47. The molecule has 1 saturated heterocycles. The average molecular weight is 474 g/mol. The van der Waals surface area contributed by atoms with Crippen molar-refractivity contribution in [2.45, 2.75) is 18.6 Å². The van der Waals surface area contributed by atoms with Gasteiger partial charge in [-0.15, -0.1) is 0 Å². The molecular weight excluding hydrogens is 457 g/mol. The molecule has 33 heavy (non-hydrogen) atoms. The van der Waals surface area contributed by atoms with Gasteiger partial charge in [-0.3, -0.25) is 14.9 Å². The monoisotopic (exact) mass is 474 g/mol. The largest absolute Gasteiger partial charge is 0.416 e. The van der Waals surface area contributed by atoms with E-state index in [1.165, 1.54) is 18.2 Å². The number of hydrogen-bond donors (Lipinski definition) is 3. The van der Waals surface area contributed by atoms with Crippen molar-refractivity contribution in [3.05, 3.63) is 76.3 Å². The van der Waals surface area contributed by atoms with Gasteiger partial charge in [0.1, 0.15) is 0 Å². The Morgan fingerprint density at radius 1 is 1.12 bits per heavy atom. The van der Waals surface area contributed by atoms with E-state index in [2.05, 4.69) is 20.3 Å². The molecule has 7 nitrogen and oxygen atoms in total. The van der Waals surface area contributed by atoms with Crippen LogP contribution in [0.25, 0.3) is 11.1 Å². The summed E-state index contributed by atoms with van der Waals surface area (Å²) in [5.41, 5.74) is -0.574. The maximum atomic E-state index is 13.1. The summed E-state index contributed by atoms with van der Waals surface area (Å²) in [5, 5.41) is 7.45. The van der Waals surface area contributed by atoms with E-state index in [9.17, 15) is 27.6 Å². The number of carbonyl (C=O) groups is 3. The number of alkyl halides is 3. The van der Waals surface area contributed by atoms with E-state index < -0.39 is 35.1 Å². The highest BCUT2D eigenvalue weighted by atomic mass is 32.1. The minimum Gasteiger partial charge on any atom is -0.349 e. The molecule has 1 aromatic heterocycles. The summed E-state index contributed by atoms with van der Waals surface area (Å²) in [6.45, 7) is 1.49. The van der Waals surface area contributed by atoms with Crippen molar-refractivity contribution in [2.24, 2.45) is 0 Å². The minimum absolute atomic E-state index is 0.207. The molecule has 4 amide bonds. The van der Waals surface area contributed by atoms with Gasteiger partial charge in [-0.25, -0.2) is 9.17 Å². The molecule has 1 atom stereocenters. The van der Waals surface area contributed by atoms with Crippen LogP contribution in [-0.2, 0) is 16.5 Å². The Kier molecular flexibility index (Phi) is 5.66. The lowest BCUT2D eigenvalue weighted by Gasteiger charge is -2.25. The fraction of sp³-hybridized carbons (Fsp3) is 0.182. The highest BCUT2D eigenvalue weighted by Crippen LogP contribution is 2.33. The van der Waals surface area contributed by atoms with Gasteiger partial charge in [0.2, 0.25) is 0 Å². The van der Waals surface area contributed by atoms with E-state index in [0.29, 0.717) is 21.6 Å². The summed E-state index contributed by atoms with van der Waals surface area (Å²) in [5.74, 6) is -1.17. The predicted molar refractivity (Wildman–Crippen MR) is 114 cm³/mol. The number of nitrogens with one attached hydrogen (secondary N) is 3. The number of rotatable bonds is 5. The Labute approximate surface area is 190 Å². The van der Waals surface area contributed by atoms with Gasteiger partial charge in [-0.05, 0) is 53.3 Å². The summed E-state index contributed by atoms with van der Waals surface area (Å²) in [6.07, 6.45) is -2.91. The molecule has 1 aliphatic heterocycles. The Balaban J connectivity index is 1.61. The zero-order valence-corrected chi connectivity index (χ0v) is 17.9. The zero-order chi connectivity index (χ0) is 23.8. The van der Waals surface area contributed by atoms with Crippen LogP contribution in [0.5, 0.6) is 0 Å². The molecule has 2 aromatic carbocycles. The molecule has 1 aliphatic rings. The molecule has 170 valence electrons. The highest BCUT2D eigenvalue weighted by molar-refractivity contribution is 7.06. The van der Waals surface area contributed by atoms with Crippen molar-refractivity contribution < 1.29 is 27.6 Å². The molecule has 3 aromatic rings. The van der Waals surface area contributed by atoms with Crippen molar-refractivity contribution >= 4 is 29.4 Å². The lowest BCUT2D eigenvalue weighted by atomic mass is 9.94. The number of carbonyl (C=O) groups excluding carboxylic acids is 3. The number of imide groups is 1. The molecule has 1 fully saturated rings. The van der Waals surface area contributed by atoms with Gasteiger partial charge in [0.15, 0.2) is 5.54 Å². The maximum Gasteiger partial charge on any atom is 0.416 e. The van der Waals surface area contributed by atoms with Crippen LogP contribution in [0.3, 0.4) is 0 Å². The molecule has 3 N–H and O–H groups in total. The van der Waals surface area contributed by atoms with Crippen LogP contribution in [0.1, 0.15) is 26.4 Å². The molecule has 0 saturated carbocycles. The lowest BCUT2D eigenvalue weighted by molar-refractivity contribution is -0.137. The number of halogens is 3. The van der Waals surface area contributed by atoms with E-state index in [1.807, 2.05) is 0 Å². The van der Waals surface area contributed by atoms with Crippen LogP contribution in [-0.4, -0.2) is 28.8 Å². The van der Waals surface area contributed by atoms with Crippen molar-refractivity contribution in [1.82, 2.24) is 20.3 Å². The van der Waals surface area contributed by atoms with Crippen LogP contribution < -0.4 is 16.0 Å². The van der Waals surface area contributed by atoms with Crippen LogP contribution in [0.4, 0.5) is 18.0 Å². The highest BCUT2D eigenvalue weighted by Gasteiger charge is 2.50. The van der Waals surface area contributed by atoms with Gasteiger partial charge in [0.05, 0.1) is 17.0 Å². The van der Waals surface area contributed by atoms with Gasteiger partial charge >= 0.3 is 12.2 Å². The Morgan fingerprint density at radius 2 is 1.82 bits per heavy atom. The van der Waals surface area contributed by atoms with E-state index in [1.54, 1.807) is 31.3 Å². The first-order chi connectivity index (χ1) is 15.6. The number of amides is 4. The molecule has 4 rings (SSSR count). The van der Waals surface area contributed by atoms with Crippen molar-refractivity contribution in [1.29, 1.82) is 0 Å². The molecule has 0 spiro atoms. The number of aryl methyl sites for hydroxylation is 1. The van der Waals surface area contributed by atoms with E-state index in [-0.39, 0.29) is 12.1 Å². The number of benzene rings is 2. The van der Waals surface area contributed by atoms with Crippen molar-refractivity contribution in [3.63, 3.8) is 0 Å². The first kappa shape index (κ1) is 22.5. The lowest BCUT2D eigenvalue weighted by Crippen LogP contribution is -2.52. The number of nitrogens with zero attached hydrogens (tertiary/aromatic N) is 1. The molecule has 1 unspecified atom stereocenters. The summed E-state index contributed by atoms with van der Waals surface area (Å²) in [6, 6.07) is 10.2. The number of hydrogen-bond acceptors (Lipinski definition) is 5. The molecule has 0 aliphatic carbocycles. The molecule has 2 heterocycles. The number of aromatic nitrogens is 1. The van der Waals surface area contributed by atoms with Crippen LogP contribution in [0.15, 0.2) is 54.7 Å². The van der Waals surface area contributed by atoms with Gasteiger partial charge in [0, 0.05) is 11.8 Å². The fourth-order valence-electron chi connectivity index (χ4n) is 3.64. The van der Waals surface area contributed by atoms with Gasteiger partial charge < -0.3 is 10.6 Å². The van der Waals surface area contributed by atoms with Crippen LogP contribution in [0, 0.1) is 6.92 Å². The van der Waals surface area contributed by atoms with E-state index >= 15 is 0 Å². The normalized spacial score (nSPS) is 18.1. The standard InChI is InChI=1S/C22H17F3N4O3S/c1-12-10-27-33-17(12)21(19(31)28-20(32)29-21)11-26-18(30)16-5-3-2-4-15(16)13-6-8-14(9-7-13)22(23,24)25/h2-10H,11H2,1H3,(H,26,30)(H2,28,29,31,32). The van der Waals surface area contributed by atoms with Gasteiger partial charge in [-0.2, -0.15) is 13.2 Å². The Bertz CT molecular complexity index is 1240. The summed E-state index contributed by atoms with van der Waals surface area (Å²) < 4.78 is 42.7. The van der Waals surface area contributed by atoms with Crippen molar-refractivity contribution in [3.8, 4) is 11.1 Å². The first-order valence-corrected chi connectivity index (χ1v) is 10.5. The van der Waals surface area contributed by atoms with Gasteiger partial charge in [-0.1, -0.05) is 30.3 Å². The third-order valence-corrected chi connectivity index (χ3v) is 6.35. The Morgan fingerprint density at radius 3 is 2.39 bits per heavy atom. The first-order valence-electron chi connectivity index (χ1n) is 9.72. The fourth-order valence-corrected chi connectivity index (χ4v) is 4.52. The smallest absolute Gasteiger partial charge is 0.349 e. The molecular formula is C22H17F3N4O3S. The third-order valence-electron chi connectivity index (χ3n) is 5.29. The summed E-state index contributed by atoms with van der Waals surface area (Å²) in [4.78, 5) is 38.1. The number of urea groups is 1. The average Bonchev–Trinajstić information content (AvgIpc) is 3.34. The Hall–Kier alpha value is -3.73. The zero-order valence-electron chi connectivity index (χ0n) is 17.1. The predicted octanol–water partition coefficient (Wildman–Crippen LogP) is 3.60. The second-order valence-electron chi connectivity index (χ2n) is 7.45. The summed E-state index contributed by atoms with van der Waals surface area (Å²) >= 11 is 1.03.